The summed E-state index contributed by atoms with van der Waals surface area (Å²) in [6, 6.07) is -0.0770. The fraction of sp³-hybridized carbons (Fsp3) is 0.923. The standard InChI is InChI=1S/C13H24FNO3/c1-10(14)17-9-11-7-5-6-8-15(11)12(16)18-13(2,3)4/h10-11H,5-9H2,1-4H3/t10?,11-/m0/s1. The van der Waals surface area contributed by atoms with E-state index < -0.39 is 12.0 Å². The zero-order chi connectivity index (χ0) is 13.8. The van der Waals surface area contributed by atoms with Crippen molar-refractivity contribution in [3.8, 4) is 0 Å². The molecule has 0 aromatic carbocycles. The monoisotopic (exact) mass is 261 g/mol. The Labute approximate surface area is 108 Å². The summed E-state index contributed by atoms with van der Waals surface area (Å²) in [5, 5.41) is 0. The van der Waals surface area contributed by atoms with E-state index in [4.69, 9.17) is 9.47 Å². The van der Waals surface area contributed by atoms with Gasteiger partial charge in [-0.2, -0.15) is 0 Å². The number of carbonyl (C=O) groups excluding carboxylic acids is 1. The molecule has 2 atom stereocenters. The second-order valence-electron chi connectivity index (χ2n) is 5.70. The SMILES string of the molecule is CC(F)OC[C@@H]1CCCCN1C(=O)OC(C)(C)C. The van der Waals surface area contributed by atoms with Gasteiger partial charge < -0.3 is 14.4 Å². The molecule has 1 aliphatic heterocycles. The number of alkyl halides is 1. The van der Waals surface area contributed by atoms with Crippen molar-refractivity contribution in [1.82, 2.24) is 4.90 Å². The van der Waals surface area contributed by atoms with Crippen LogP contribution in [0.25, 0.3) is 0 Å². The lowest BCUT2D eigenvalue weighted by Gasteiger charge is -2.36. The third kappa shape index (κ3) is 5.21. The van der Waals surface area contributed by atoms with Gasteiger partial charge in [0.15, 0.2) is 6.36 Å². The lowest BCUT2D eigenvalue weighted by atomic mass is 10.0. The first-order valence-corrected chi connectivity index (χ1v) is 6.55. The van der Waals surface area contributed by atoms with E-state index in [2.05, 4.69) is 0 Å². The molecular weight excluding hydrogens is 237 g/mol. The summed E-state index contributed by atoms with van der Waals surface area (Å²) in [6.45, 7) is 7.75. The van der Waals surface area contributed by atoms with Crippen LogP contribution in [0.1, 0.15) is 47.0 Å². The average Bonchev–Trinajstić information content (AvgIpc) is 2.24. The van der Waals surface area contributed by atoms with Crippen LogP contribution in [0.15, 0.2) is 0 Å². The smallest absolute Gasteiger partial charge is 0.410 e. The third-order valence-corrected chi connectivity index (χ3v) is 2.77. The Hall–Kier alpha value is -0.840. The number of likely N-dealkylation sites (tertiary alicyclic amines) is 1. The molecule has 1 heterocycles. The van der Waals surface area contributed by atoms with Gasteiger partial charge in [0.05, 0.1) is 12.6 Å². The molecule has 106 valence electrons. The van der Waals surface area contributed by atoms with Gasteiger partial charge in [-0.05, 0) is 47.0 Å². The number of ether oxygens (including phenoxy) is 2. The van der Waals surface area contributed by atoms with Crippen molar-refractivity contribution in [2.75, 3.05) is 13.2 Å². The van der Waals surface area contributed by atoms with E-state index >= 15 is 0 Å². The Morgan fingerprint density at radius 2 is 2.11 bits per heavy atom. The Balaban J connectivity index is 2.55. The van der Waals surface area contributed by atoms with Gasteiger partial charge in [-0.3, -0.25) is 0 Å². The van der Waals surface area contributed by atoms with Gasteiger partial charge in [0.1, 0.15) is 5.60 Å². The molecule has 1 unspecified atom stereocenters. The lowest BCUT2D eigenvalue weighted by Crippen LogP contribution is -2.48. The molecule has 1 fully saturated rings. The van der Waals surface area contributed by atoms with Crippen LogP contribution in [0.4, 0.5) is 9.18 Å². The highest BCUT2D eigenvalue weighted by Gasteiger charge is 2.30. The van der Waals surface area contributed by atoms with Crippen LogP contribution in [0.2, 0.25) is 0 Å². The molecule has 0 spiro atoms. The van der Waals surface area contributed by atoms with E-state index in [1.807, 2.05) is 20.8 Å². The molecule has 1 aliphatic rings. The fourth-order valence-corrected chi connectivity index (χ4v) is 1.98. The Morgan fingerprint density at radius 1 is 1.44 bits per heavy atom. The minimum atomic E-state index is -1.30. The molecule has 0 radical (unpaired) electrons. The van der Waals surface area contributed by atoms with E-state index in [9.17, 15) is 9.18 Å². The summed E-state index contributed by atoms with van der Waals surface area (Å²) < 4.78 is 23.0. The first-order chi connectivity index (χ1) is 8.29. The van der Waals surface area contributed by atoms with Crippen LogP contribution in [0.5, 0.6) is 0 Å². The third-order valence-electron chi connectivity index (χ3n) is 2.77. The molecule has 0 aromatic rings. The molecule has 0 aliphatic carbocycles. The number of halogens is 1. The maximum Gasteiger partial charge on any atom is 0.410 e. The van der Waals surface area contributed by atoms with Crippen molar-refractivity contribution in [2.45, 2.75) is 65.0 Å². The minimum absolute atomic E-state index is 0.0770. The molecule has 1 rings (SSSR count). The van der Waals surface area contributed by atoms with Gasteiger partial charge in [0.2, 0.25) is 0 Å². The molecule has 5 heteroatoms. The molecule has 0 aromatic heterocycles. The lowest BCUT2D eigenvalue weighted by molar-refractivity contribution is -0.0604. The number of nitrogens with zero attached hydrogens (tertiary/aromatic N) is 1. The molecule has 0 saturated carbocycles. The van der Waals surface area contributed by atoms with Gasteiger partial charge >= 0.3 is 6.09 Å². The van der Waals surface area contributed by atoms with Gasteiger partial charge in [-0.25, -0.2) is 9.18 Å². The number of hydrogen-bond acceptors (Lipinski definition) is 3. The predicted octanol–water partition coefficient (Wildman–Crippen LogP) is 3.11. The van der Waals surface area contributed by atoms with Crippen molar-refractivity contribution < 1.29 is 18.7 Å². The molecule has 4 nitrogen and oxygen atoms in total. The van der Waals surface area contributed by atoms with Crippen molar-refractivity contribution >= 4 is 6.09 Å². The summed E-state index contributed by atoms with van der Waals surface area (Å²) in [6.07, 6.45) is 1.20. The van der Waals surface area contributed by atoms with Crippen LogP contribution in [0.3, 0.4) is 0 Å². The number of hydrogen-bond donors (Lipinski definition) is 0. The van der Waals surface area contributed by atoms with Gasteiger partial charge in [-0.1, -0.05) is 0 Å². The van der Waals surface area contributed by atoms with Crippen molar-refractivity contribution in [1.29, 1.82) is 0 Å². The van der Waals surface area contributed by atoms with E-state index in [1.54, 1.807) is 4.90 Å². The first kappa shape index (κ1) is 15.2. The van der Waals surface area contributed by atoms with Crippen molar-refractivity contribution in [3.63, 3.8) is 0 Å². The summed E-state index contributed by atoms with van der Waals surface area (Å²) in [7, 11) is 0. The highest BCUT2D eigenvalue weighted by molar-refractivity contribution is 5.68. The normalized spacial score (nSPS) is 22.7. The first-order valence-electron chi connectivity index (χ1n) is 6.55. The second kappa shape index (κ2) is 6.36. The molecule has 18 heavy (non-hydrogen) atoms. The Bertz CT molecular complexity index is 276. The maximum absolute atomic E-state index is 12.7. The molecule has 0 bridgehead atoms. The molecule has 1 saturated heterocycles. The van der Waals surface area contributed by atoms with Crippen molar-refractivity contribution in [3.05, 3.63) is 0 Å². The second-order valence-corrected chi connectivity index (χ2v) is 5.70. The quantitative estimate of drug-likeness (QED) is 0.783. The van der Waals surface area contributed by atoms with Crippen LogP contribution in [0, 0.1) is 0 Å². The van der Waals surface area contributed by atoms with Gasteiger partial charge in [-0.15, -0.1) is 0 Å². The van der Waals surface area contributed by atoms with E-state index in [0.29, 0.717) is 6.54 Å². The zero-order valence-electron chi connectivity index (χ0n) is 11.7. The highest BCUT2D eigenvalue weighted by atomic mass is 19.1. The summed E-state index contributed by atoms with van der Waals surface area (Å²) >= 11 is 0. The molecule has 1 amide bonds. The predicted molar refractivity (Wildman–Crippen MR) is 67.1 cm³/mol. The minimum Gasteiger partial charge on any atom is -0.444 e. The number of carbonyl (C=O) groups is 1. The van der Waals surface area contributed by atoms with E-state index in [-0.39, 0.29) is 18.7 Å². The maximum atomic E-state index is 12.7. The van der Waals surface area contributed by atoms with Crippen LogP contribution in [-0.2, 0) is 9.47 Å². The Kier molecular flexibility index (Phi) is 5.38. The van der Waals surface area contributed by atoms with Gasteiger partial charge in [0, 0.05) is 6.54 Å². The van der Waals surface area contributed by atoms with E-state index in [1.165, 1.54) is 6.92 Å². The fourth-order valence-electron chi connectivity index (χ4n) is 1.98. The largest absolute Gasteiger partial charge is 0.444 e. The zero-order valence-corrected chi connectivity index (χ0v) is 11.7. The Morgan fingerprint density at radius 3 is 2.67 bits per heavy atom. The molecule has 0 N–H and O–H groups in total. The average molecular weight is 261 g/mol. The van der Waals surface area contributed by atoms with E-state index in [0.717, 1.165) is 19.3 Å². The van der Waals surface area contributed by atoms with Crippen LogP contribution < -0.4 is 0 Å². The number of amides is 1. The number of piperidine rings is 1. The molecular formula is C13H24FNO3. The van der Waals surface area contributed by atoms with Gasteiger partial charge in [0.25, 0.3) is 0 Å². The highest BCUT2D eigenvalue weighted by Crippen LogP contribution is 2.21. The van der Waals surface area contributed by atoms with Crippen molar-refractivity contribution in [2.24, 2.45) is 0 Å². The summed E-state index contributed by atoms with van der Waals surface area (Å²) in [5.41, 5.74) is -0.507. The van der Waals surface area contributed by atoms with Crippen LogP contribution in [-0.4, -0.2) is 42.1 Å². The summed E-state index contributed by atoms with van der Waals surface area (Å²) in [5.74, 6) is 0. The number of rotatable bonds is 3. The van der Waals surface area contributed by atoms with Crippen LogP contribution >= 0.6 is 0 Å². The summed E-state index contributed by atoms with van der Waals surface area (Å²) in [4.78, 5) is 13.7. The topological polar surface area (TPSA) is 38.8 Å².